The van der Waals surface area contributed by atoms with Crippen LogP contribution >= 0.6 is 0 Å². The molecule has 2 saturated carbocycles. The molecular formula is C10H16O2. The van der Waals surface area contributed by atoms with Crippen LogP contribution in [-0.2, 0) is 9.47 Å². The lowest BCUT2D eigenvalue weighted by Crippen LogP contribution is -2.34. The summed E-state index contributed by atoms with van der Waals surface area (Å²) in [7, 11) is 0. The third kappa shape index (κ3) is 0.826. The zero-order valence-electron chi connectivity index (χ0n) is 7.42. The smallest absolute Gasteiger partial charge is 0.171 e. The monoisotopic (exact) mass is 168 g/mol. The highest BCUT2D eigenvalue weighted by Gasteiger charge is 2.53. The van der Waals surface area contributed by atoms with Gasteiger partial charge in [-0.2, -0.15) is 0 Å². The predicted molar refractivity (Wildman–Crippen MR) is 44.7 cm³/mol. The van der Waals surface area contributed by atoms with Crippen molar-refractivity contribution >= 4 is 0 Å². The van der Waals surface area contributed by atoms with E-state index in [-0.39, 0.29) is 5.79 Å². The van der Waals surface area contributed by atoms with Gasteiger partial charge in [-0.1, -0.05) is 6.42 Å². The Morgan fingerprint density at radius 1 is 1.00 bits per heavy atom. The van der Waals surface area contributed by atoms with Crippen molar-refractivity contribution in [2.45, 2.75) is 37.9 Å². The summed E-state index contributed by atoms with van der Waals surface area (Å²) in [5, 5.41) is 0. The Hall–Kier alpha value is -0.0800. The minimum absolute atomic E-state index is 0.110. The van der Waals surface area contributed by atoms with Gasteiger partial charge in [0, 0.05) is 12.3 Å². The van der Waals surface area contributed by atoms with E-state index in [9.17, 15) is 0 Å². The zero-order valence-corrected chi connectivity index (χ0v) is 7.42. The highest BCUT2D eigenvalue weighted by Crippen LogP contribution is 2.53. The van der Waals surface area contributed by atoms with Crippen molar-refractivity contribution in [1.82, 2.24) is 0 Å². The average Bonchev–Trinajstić information content (AvgIpc) is 2.76. The van der Waals surface area contributed by atoms with E-state index in [0.29, 0.717) is 0 Å². The molecule has 0 N–H and O–H groups in total. The van der Waals surface area contributed by atoms with Crippen LogP contribution in [0.3, 0.4) is 0 Å². The summed E-state index contributed by atoms with van der Waals surface area (Å²) in [6, 6.07) is 0. The minimum atomic E-state index is -0.110. The van der Waals surface area contributed by atoms with E-state index in [1.165, 1.54) is 25.7 Å². The van der Waals surface area contributed by atoms with Gasteiger partial charge in [0.05, 0.1) is 13.2 Å². The Bertz CT molecular complexity index is 184. The van der Waals surface area contributed by atoms with Gasteiger partial charge in [0.15, 0.2) is 5.79 Å². The molecule has 1 heterocycles. The molecule has 0 radical (unpaired) electrons. The molecule has 2 atom stereocenters. The van der Waals surface area contributed by atoms with Crippen molar-refractivity contribution in [3.05, 3.63) is 0 Å². The number of ether oxygens (including phenoxy) is 2. The molecular weight excluding hydrogens is 152 g/mol. The fourth-order valence-electron chi connectivity index (χ4n) is 3.36. The van der Waals surface area contributed by atoms with Gasteiger partial charge in [0.1, 0.15) is 0 Å². The second-order valence-electron chi connectivity index (χ2n) is 4.34. The predicted octanol–water partition coefficient (Wildman–Crippen LogP) is 1.94. The molecule has 0 unspecified atom stereocenters. The molecule has 1 saturated heterocycles. The molecule has 12 heavy (non-hydrogen) atoms. The van der Waals surface area contributed by atoms with E-state index in [0.717, 1.165) is 31.5 Å². The maximum atomic E-state index is 5.79. The van der Waals surface area contributed by atoms with Crippen LogP contribution in [0, 0.1) is 11.8 Å². The SMILES string of the molecule is C1C[C@@H]2CCC3(OCCO3)[C@H]2C1. The van der Waals surface area contributed by atoms with E-state index in [1.54, 1.807) is 0 Å². The van der Waals surface area contributed by atoms with Crippen molar-refractivity contribution in [2.24, 2.45) is 11.8 Å². The van der Waals surface area contributed by atoms with Crippen LogP contribution in [-0.4, -0.2) is 19.0 Å². The van der Waals surface area contributed by atoms with Crippen LogP contribution in [0.15, 0.2) is 0 Å². The fourth-order valence-corrected chi connectivity index (χ4v) is 3.36. The zero-order chi connectivity index (χ0) is 8.02. The first-order valence-corrected chi connectivity index (χ1v) is 5.19. The Balaban J connectivity index is 1.86. The summed E-state index contributed by atoms with van der Waals surface area (Å²) in [5.74, 6) is 1.55. The molecule has 3 aliphatic rings. The van der Waals surface area contributed by atoms with Crippen LogP contribution in [0.5, 0.6) is 0 Å². The van der Waals surface area contributed by atoms with Crippen molar-refractivity contribution in [1.29, 1.82) is 0 Å². The van der Waals surface area contributed by atoms with E-state index in [1.807, 2.05) is 0 Å². The van der Waals surface area contributed by atoms with Gasteiger partial charge in [-0.3, -0.25) is 0 Å². The molecule has 68 valence electrons. The third-order valence-corrected chi connectivity index (χ3v) is 3.86. The van der Waals surface area contributed by atoms with Gasteiger partial charge in [-0.05, 0) is 25.2 Å². The molecule has 0 aromatic carbocycles. The topological polar surface area (TPSA) is 18.5 Å². The number of rotatable bonds is 0. The molecule has 3 rings (SSSR count). The van der Waals surface area contributed by atoms with Gasteiger partial charge >= 0.3 is 0 Å². The van der Waals surface area contributed by atoms with E-state index in [2.05, 4.69) is 0 Å². The highest BCUT2D eigenvalue weighted by atomic mass is 16.7. The number of hydrogen-bond donors (Lipinski definition) is 0. The van der Waals surface area contributed by atoms with Gasteiger partial charge in [-0.15, -0.1) is 0 Å². The summed E-state index contributed by atoms with van der Waals surface area (Å²) >= 11 is 0. The van der Waals surface area contributed by atoms with E-state index < -0.39 is 0 Å². The Kier molecular flexibility index (Phi) is 1.50. The number of hydrogen-bond acceptors (Lipinski definition) is 2. The van der Waals surface area contributed by atoms with Gasteiger partial charge in [0.2, 0.25) is 0 Å². The lowest BCUT2D eigenvalue weighted by molar-refractivity contribution is -0.183. The second kappa shape index (κ2) is 2.46. The molecule has 2 nitrogen and oxygen atoms in total. The minimum Gasteiger partial charge on any atom is -0.347 e. The van der Waals surface area contributed by atoms with Gasteiger partial charge in [-0.25, -0.2) is 0 Å². The molecule has 3 fully saturated rings. The van der Waals surface area contributed by atoms with Crippen molar-refractivity contribution in [2.75, 3.05) is 13.2 Å². The lowest BCUT2D eigenvalue weighted by Gasteiger charge is -2.28. The van der Waals surface area contributed by atoms with Crippen LogP contribution in [0.25, 0.3) is 0 Å². The highest BCUT2D eigenvalue weighted by molar-refractivity contribution is 4.97. The maximum absolute atomic E-state index is 5.79. The van der Waals surface area contributed by atoms with Crippen LogP contribution in [0.1, 0.15) is 32.1 Å². The molecule has 1 spiro atoms. The van der Waals surface area contributed by atoms with Crippen LogP contribution in [0.4, 0.5) is 0 Å². The van der Waals surface area contributed by atoms with Crippen molar-refractivity contribution < 1.29 is 9.47 Å². The standard InChI is InChI=1S/C10H16O2/c1-2-8-4-5-10(9(8)3-1)11-6-7-12-10/h8-9H,1-7H2/t8-,9+/m1/s1. The first kappa shape index (κ1) is 7.34. The average molecular weight is 168 g/mol. The largest absolute Gasteiger partial charge is 0.347 e. The first-order valence-electron chi connectivity index (χ1n) is 5.19. The third-order valence-electron chi connectivity index (χ3n) is 3.86. The second-order valence-corrected chi connectivity index (χ2v) is 4.34. The van der Waals surface area contributed by atoms with Crippen LogP contribution < -0.4 is 0 Å². The molecule has 0 amide bonds. The molecule has 2 heteroatoms. The Labute approximate surface area is 73.2 Å². The van der Waals surface area contributed by atoms with Crippen molar-refractivity contribution in [3.63, 3.8) is 0 Å². The summed E-state index contributed by atoms with van der Waals surface area (Å²) in [5.41, 5.74) is 0. The molecule has 2 aliphatic carbocycles. The number of fused-ring (bicyclic) bond motifs is 2. The molecule has 0 bridgehead atoms. The van der Waals surface area contributed by atoms with Crippen molar-refractivity contribution in [3.8, 4) is 0 Å². The van der Waals surface area contributed by atoms with E-state index >= 15 is 0 Å². The summed E-state index contributed by atoms with van der Waals surface area (Å²) in [6.45, 7) is 1.65. The summed E-state index contributed by atoms with van der Waals surface area (Å²) < 4.78 is 11.6. The van der Waals surface area contributed by atoms with E-state index in [4.69, 9.17) is 9.47 Å². The normalized spacial score (nSPS) is 44.0. The van der Waals surface area contributed by atoms with Gasteiger partial charge in [0.25, 0.3) is 0 Å². The van der Waals surface area contributed by atoms with Crippen LogP contribution in [0.2, 0.25) is 0 Å². The fraction of sp³-hybridized carbons (Fsp3) is 1.00. The first-order chi connectivity index (χ1) is 5.91. The molecule has 1 aliphatic heterocycles. The summed E-state index contributed by atoms with van der Waals surface area (Å²) in [6.07, 6.45) is 6.64. The van der Waals surface area contributed by atoms with Gasteiger partial charge < -0.3 is 9.47 Å². The Morgan fingerprint density at radius 2 is 1.83 bits per heavy atom. The molecule has 0 aromatic rings. The summed E-state index contributed by atoms with van der Waals surface area (Å²) in [4.78, 5) is 0. The lowest BCUT2D eigenvalue weighted by atomic mass is 9.97. The Morgan fingerprint density at radius 3 is 2.67 bits per heavy atom. The quantitative estimate of drug-likeness (QED) is 0.550. The molecule has 0 aromatic heterocycles. The maximum Gasteiger partial charge on any atom is 0.171 e.